The number of benzene rings is 2. The van der Waals surface area contributed by atoms with E-state index in [1.165, 1.54) is 42.5 Å². The summed E-state index contributed by atoms with van der Waals surface area (Å²) in [5.74, 6) is 2.02. The number of nitrogens with zero attached hydrogens (tertiary/aromatic N) is 2. The van der Waals surface area contributed by atoms with Gasteiger partial charge in [0, 0.05) is 26.2 Å². The lowest BCUT2D eigenvalue weighted by Crippen LogP contribution is -2.46. The average Bonchev–Trinajstić information content (AvgIpc) is 3.22. The Bertz CT molecular complexity index is 780. The molecule has 0 bridgehead atoms. The number of hydrogen-bond donors (Lipinski definition) is 0. The average molecular weight is 453 g/mol. The minimum Gasteiger partial charge on any atom is -0.495 e. The molecule has 0 aromatic heterocycles. The maximum atomic E-state index is 5.98. The van der Waals surface area contributed by atoms with Gasteiger partial charge in [0.25, 0.3) is 0 Å². The first-order valence-electron chi connectivity index (χ1n) is 10.7. The highest BCUT2D eigenvalue weighted by Gasteiger charge is 2.19. The van der Waals surface area contributed by atoms with Gasteiger partial charge in [0.05, 0.1) is 19.4 Å². The molecule has 0 spiro atoms. The van der Waals surface area contributed by atoms with E-state index in [4.69, 9.17) is 9.47 Å². The van der Waals surface area contributed by atoms with Crippen molar-refractivity contribution < 1.29 is 9.47 Å². The van der Waals surface area contributed by atoms with Crippen LogP contribution in [0.5, 0.6) is 11.5 Å². The molecule has 0 unspecified atom stereocenters. The minimum absolute atomic E-state index is 0. The Hall–Kier alpha value is -1.62. The first-order valence-corrected chi connectivity index (χ1v) is 10.7. The molecule has 4 rings (SSSR count). The van der Waals surface area contributed by atoms with Gasteiger partial charge < -0.3 is 14.4 Å². The van der Waals surface area contributed by atoms with Gasteiger partial charge in [-0.25, -0.2) is 0 Å². The lowest BCUT2D eigenvalue weighted by atomic mass is 10.1. The quantitative estimate of drug-likeness (QED) is 0.525. The van der Waals surface area contributed by atoms with E-state index in [0.29, 0.717) is 0 Å². The van der Waals surface area contributed by atoms with Gasteiger partial charge in [-0.15, -0.1) is 24.8 Å². The summed E-state index contributed by atoms with van der Waals surface area (Å²) in [6.45, 7) is 6.33. The largest absolute Gasteiger partial charge is 0.495 e. The lowest BCUT2D eigenvalue weighted by molar-refractivity contribution is 0.238. The van der Waals surface area contributed by atoms with Crippen molar-refractivity contribution in [3.63, 3.8) is 0 Å². The summed E-state index contributed by atoms with van der Waals surface area (Å²) in [6.07, 6.45) is 6.06. The fourth-order valence-corrected chi connectivity index (χ4v) is 4.37. The molecule has 4 nitrogen and oxygen atoms in total. The van der Waals surface area contributed by atoms with E-state index < -0.39 is 0 Å². The van der Waals surface area contributed by atoms with E-state index in [0.717, 1.165) is 57.3 Å². The van der Waals surface area contributed by atoms with Crippen molar-refractivity contribution in [1.82, 2.24) is 4.90 Å². The predicted octanol–water partition coefficient (Wildman–Crippen LogP) is 5.01. The summed E-state index contributed by atoms with van der Waals surface area (Å²) >= 11 is 0. The Balaban J connectivity index is 0.00000160. The second-order valence-corrected chi connectivity index (χ2v) is 7.84. The van der Waals surface area contributed by atoms with Gasteiger partial charge in [0.1, 0.15) is 11.5 Å². The van der Waals surface area contributed by atoms with Crippen LogP contribution in [0.3, 0.4) is 0 Å². The summed E-state index contributed by atoms with van der Waals surface area (Å²) in [5.41, 5.74) is 4.22. The SMILES string of the molecule is COc1ccccc1N1CCN(CCCCOc2ccc3c(c2)CCC3)CC1.Cl.Cl. The van der Waals surface area contributed by atoms with Crippen LogP contribution in [0.15, 0.2) is 42.5 Å². The standard InChI is InChI=1S/C24H32N2O2.2ClH/c1-27-24-10-3-2-9-23(24)26-16-14-25(15-17-26)13-4-5-18-28-22-12-11-20-7-6-8-21(20)19-22;;/h2-3,9-12,19H,4-8,13-18H2,1H3;2*1H. The smallest absolute Gasteiger partial charge is 0.142 e. The zero-order valence-corrected chi connectivity index (χ0v) is 19.5. The van der Waals surface area contributed by atoms with Crippen LogP contribution in [0.25, 0.3) is 0 Å². The van der Waals surface area contributed by atoms with Crippen molar-refractivity contribution in [3.05, 3.63) is 53.6 Å². The molecule has 1 heterocycles. The summed E-state index contributed by atoms with van der Waals surface area (Å²) < 4.78 is 11.5. The van der Waals surface area contributed by atoms with E-state index >= 15 is 0 Å². The molecule has 2 aliphatic rings. The summed E-state index contributed by atoms with van der Waals surface area (Å²) in [6, 6.07) is 15.0. The van der Waals surface area contributed by atoms with Crippen LogP contribution in [-0.2, 0) is 12.8 Å². The molecule has 0 saturated carbocycles. The van der Waals surface area contributed by atoms with E-state index in [1.807, 2.05) is 12.1 Å². The summed E-state index contributed by atoms with van der Waals surface area (Å²) in [7, 11) is 1.75. The molecule has 6 heteroatoms. The third-order valence-electron chi connectivity index (χ3n) is 6.01. The molecule has 0 N–H and O–H groups in total. The molecule has 0 amide bonds. The van der Waals surface area contributed by atoms with Crippen molar-refractivity contribution in [2.45, 2.75) is 32.1 Å². The van der Waals surface area contributed by atoms with Gasteiger partial charge in [-0.05, 0) is 74.0 Å². The fraction of sp³-hybridized carbons (Fsp3) is 0.500. The van der Waals surface area contributed by atoms with Crippen molar-refractivity contribution in [2.24, 2.45) is 0 Å². The van der Waals surface area contributed by atoms with Gasteiger partial charge in [-0.2, -0.15) is 0 Å². The number of rotatable bonds is 8. The molecule has 166 valence electrons. The van der Waals surface area contributed by atoms with Gasteiger partial charge in [0.2, 0.25) is 0 Å². The van der Waals surface area contributed by atoms with Crippen LogP contribution in [0.1, 0.15) is 30.4 Å². The Morgan fingerprint density at radius 1 is 0.867 bits per heavy atom. The third-order valence-corrected chi connectivity index (χ3v) is 6.01. The number of halogens is 2. The van der Waals surface area contributed by atoms with Gasteiger partial charge in [0.15, 0.2) is 0 Å². The predicted molar refractivity (Wildman–Crippen MR) is 129 cm³/mol. The number of methoxy groups -OCH3 is 1. The first kappa shape index (κ1) is 24.6. The third kappa shape index (κ3) is 6.19. The molecule has 2 aromatic carbocycles. The fourth-order valence-electron chi connectivity index (χ4n) is 4.37. The molecule has 1 fully saturated rings. The van der Waals surface area contributed by atoms with E-state index in [-0.39, 0.29) is 24.8 Å². The van der Waals surface area contributed by atoms with Crippen molar-refractivity contribution in [3.8, 4) is 11.5 Å². The molecule has 30 heavy (non-hydrogen) atoms. The van der Waals surface area contributed by atoms with E-state index in [9.17, 15) is 0 Å². The molecular formula is C24H34Cl2N2O2. The van der Waals surface area contributed by atoms with Crippen LogP contribution >= 0.6 is 24.8 Å². The second-order valence-electron chi connectivity index (χ2n) is 7.84. The number of hydrogen-bond acceptors (Lipinski definition) is 4. The number of fused-ring (bicyclic) bond motifs is 1. The van der Waals surface area contributed by atoms with Crippen LogP contribution in [0.2, 0.25) is 0 Å². The topological polar surface area (TPSA) is 24.9 Å². The maximum Gasteiger partial charge on any atom is 0.142 e. The molecule has 0 atom stereocenters. The van der Waals surface area contributed by atoms with Crippen LogP contribution in [-0.4, -0.2) is 51.3 Å². The Morgan fingerprint density at radius 3 is 2.43 bits per heavy atom. The van der Waals surface area contributed by atoms with Gasteiger partial charge in [-0.3, -0.25) is 4.90 Å². The number of para-hydroxylation sites is 2. The van der Waals surface area contributed by atoms with Crippen molar-refractivity contribution in [2.75, 3.05) is 51.3 Å². The zero-order valence-electron chi connectivity index (χ0n) is 17.8. The molecule has 0 radical (unpaired) electrons. The highest BCUT2D eigenvalue weighted by atomic mass is 35.5. The highest BCUT2D eigenvalue weighted by Crippen LogP contribution is 2.28. The number of ether oxygens (including phenoxy) is 2. The zero-order chi connectivity index (χ0) is 19.2. The maximum absolute atomic E-state index is 5.98. The first-order chi connectivity index (χ1) is 13.8. The van der Waals surface area contributed by atoms with Crippen LogP contribution in [0.4, 0.5) is 5.69 Å². The summed E-state index contributed by atoms with van der Waals surface area (Å²) in [4.78, 5) is 5.01. The van der Waals surface area contributed by atoms with Crippen molar-refractivity contribution in [1.29, 1.82) is 0 Å². The normalized spacial score (nSPS) is 15.7. The highest BCUT2D eigenvalue weighted by molar-refractivity contribution is 5.85. The van der Waals surface area contributed by atoms with Gasteiger partial charge in [-0.1, -0.05) is 18.2 Å². The number of anilines is 1. The number of piperazine rings is 1. The molecular weight excluding hydrogens is 419 g/mol. The Labute approximate surface area is 193 Å². The Morgan fingerprint density at radius 2 is 1.63 bits per heavy atom. The monoisotopic (exact) mass is 452 g/mol. The van der Waals surface area contributed by atoms with E-state index in [1.54, 1.807) is 7.11 Å². The summed E-state index contributed by atoms with van der Waals surface area (Å²) in [5, 5.41) is 0. The molecule has 1 aliphatic carbocycles. The number of aryl methyl sites for hydroxylation is 2. The second kappa shape index (κ2) is 12.3. The van der Waals surface area contributed by atoms with E-state index in [2.05, 4.69) is 40.1 Å². The molecule has 2 aromatic rings. The molecule has 1 aliphatic heterocycles. The Kier molecular flexibility index (Phi) is 10.1. The van der Waals surface area contributed by atoms with Gasteiger partial charge >= 0.3 is 0 Å². The van der Waals surface area contributed by atoms with Crippen LogP contribution < -0.4 is 14.4 Å². The molecule has 1 saturated heterocycles. The van der Waals surface area contributed by atoms with Crippen molar-refractivity contribution >= 4 is 30.5 Å². The number of unbranched alkanes of at least 4 members (excludes halogenated alkanes) is 1. The lowest BCUT2D eigenvalue weighted by Gasteiger charge is -2.36. The minimum atomic E-state index is 0. The van der Waals surface area contributed by atoms with Crippen LogP contribution in [0, 0.1) is 0 Å².